The molecule has 0 atom stereocenters. The highest BCUT2D eigenvalue weighted by molar-refractivity contribution is 5.67. The van der Waals surface area contributed by atoms with E-state index in [1.807, 2.05) is 0 Å². The fourth-order valence-electron chi connectivity index (χ4n) is 0.824. The van der Waals surface area contributed by atoms with Crippen molar-refractivity contribution in [2.75, 3.05) is 5.73 Å². The molecule has 2 heterocycles. The van der Waals surface area contributed by atoms with Crippen molar-refractivity contribution in [3.05, 3.63) is 6.20 Å². The normalized spacial score (nSPS) is 10.5. The zero-order valence-electron chi connectivity index (χ0n) is 5.44. The van der Waals surface area contributed by atoms with E-state index in [1.54, 1.807) is 0 Å². The third-order valence-electron chi connectivity index (χ3n) is 1.32. The summed E-state index contributed by atoms with van der Waals surface area (Å²) in [6, 6.07) is -0.195. The van der Waals surface area contributed by atoms with E-state index < -0.39 is 0 Å². The number of hydrogen-bond acceptors (Lipinski definition) is 5. The van der Waals surface area contributed by atoms with E-state index in [4.69, 9.17) is 10.8 Å². The molecule has 0 aromatic rings. The van der Waals surface area contributed by atoms with Crippen molar-refractivity contribution in [2.45, 2.75) is 0 Å². The Hall–Kier alpha value is -1.85. The van der Waals surface area contributed by atoms with Crippen LogP contribution in [0.3, 0.4) is 0 Å². The van der Waals surface area contributed by atoms with Crippen LogP contribution in [0.4, 0.5) is 5.82 Å². The van der Waals surface area contributed by atoms with Crippen LogP contribution in [0.5, 0.6) is 6.01 Å². The zero-order chi connectivity index (χ0) is 7.84. The lowest BCUT2D eigenvalue weighted by Gasteiger charge is -1.96. The van der Waals surface area contributed by atoms with Gasteiger partial charge in [0.2, 0.25) is 0 Å². The molecule has 6 heteroatoms. The van der Waals surface area contributed by atoms with Gasteiger partial charge in [0.1, 0.15) is 11.4 Å². The summed E-state index contributed by atoms with van der Waals surface area (Å²) in [5.74, 6) is 0.262. The van der Waals surface area contributed by atoms with Crippen LogP contribution in [0.25, 0.3) is 11.4 Å². The van der Waals surface area contributed by atoms with Gasteiger partial charge in [-0.1, -0.05) is 0 Å². The second-order valence-corrected chi connectivity index (χ2v) is 2.05. The first-order chi connectivity index (χ1) is 5.27. The first-order valence-electron chi connectivity index (χ1n) is 2.93. The minimum absolute atomic E-state index is 0.195. The molecule has 11 heavy (non-hydrogen) atoms. The number of rotatable bonds is 0. The van der Waals surface area contributed by atoms with Crippen molar-refractivity contribution in [3.63, 3.8) is 0 Å². The summed E-state index contributed by atoms with van der Waals surface area (Å²) in [6.07, 6.45) is 1.39. The first-order valence-corrected chi connectivity index (χ1v) is 2.93. The first kappa shape index (κ1) is 5.90. The van der Waals surface area contributed by atoms with Gasteiger partial charge < -0.3 is 15.8 Å². The summed E-state index contributed by atoms with van der Waals surface area (Å²) in [4.78, 5) is 6.10. The number of anilines is 1. The number of aromatic hydroxyl groups is 1. The molecule has 2 aliphatic rings. The van der Waals surface area contributed by atoms with Crippen LogP contribution >= 0.6 is 0 Å². The van der Waals surface area contributed by atoms with Crippen LogP contribution in [0, 0.1) is 0 Å². The van der Waals surface area contributed by atoms with Gasteiger partial charge in [-0.25, -0.2) is 4.98 Å². The topological polar surface area (TPSA) is 101 Å². The Morgan fingerprint density at radius 3 is 3.09 bits per heavy atom. The van der Waals surface area contributed by atoms with E-state index in [0.717, 1.165) is 0 Å². The van der Waals surface area contributed by atoms with Crippen LogP contribution < -0.4 is 5.73 Å². The van der Waals surface area contributed by atoms with Gasteiger partial charge in [0, 0.05) is 0 Å². The summed E-state index contributed by atoms with van der Waals surface area (Å²) in [7, 11) is 0. The fraction of sp³-hybridized carbons (Fsp3) is 0. The third kappa shape index (κ3) is 0.759. The van der Waals surface area contributed by atoms with Gasteiger partial charge in [0.15, 0.2) is 5.82 Å². The number of nitrogens with two attached hydrogens (primary N) is 1. The van der Waals surface area contributed by atoms with Crippen molar-refractivity contribution in [1.82, 2.24) is 20.2 Å². The molecule has 0 spiro atoms. The molecule has 2 rings (SSSR count). The molecular weight excluding hydrogens is 146 g/mol. The highest BCUT2D eigenvalue weighted by Crippen LogP contribution is 2.22. The smallest absolute Gasteiger partial charge is 0.291 e. The van der Waals surface area contributed by atoms with Crippen LogP contribution in [-0.2, 0) is 0 Å². The maximum Gasteiger partial charge on any atom is 0.291 e. The van der Waals surface area contributed by atoms with E-state index >= 15 is 0 Å². The Kier molecular flexibility index (Phi) is 0.974. The standard InChI is InChI=1S/C5H5N5O/c6-4-3-2(9-10-4)1-7-5(11)8-3/h1H,6H2,(H2,7,8,11). The Labute approximate surface area is 61.4 Å². The molecule has 0 saturated carbocycles. The number of nitrogens with zero attached hydrogens (tertiary/aromatic N) is 3. The molecule has 0 aromatic carbocycles. The second kappa shape index (κ2) is 1.82. The van der Waals surface area contributed by atoms with Gasteiger partial charge in [-0.15, -0.1) is 10.2 Å². The number of H-pyrrole nitrogens is 1. The summed E-state index contributed by atoms with van der Waals surface area (Å²) in [5.41, 5.74) is 6.45. The average molecular weight is 151 g/mol. The number of aromatic nitrogens is 4. The number of hydrogen-bond donors (Lipinski definition) is 3. The molecule has 0 aromatic heterocycles. The molecule has 0 radical (unpaired) electrons. The molecule has 0 aliphatic carbocycles. The molecule has 0 fully saturated rings. The van der Waals surface area contributed by atoms with E-state index in [0.29, 0.717) is 11.4 Å². The number of fused-ring (bicyclic) bond motifs is 1. The minimum Gasteiger partial charge on any atom is -0.480 e. The lowest BCUT2D eigenvalue weighted by Crippen LogP contribution is -1.90. The maximum absolute atomic E-state index is 8.90. The molecule has 4 N–H and O–H groups in total. The van der Waals surface area contributed by atoms with Gasteiger partial charge in [-0.3, -0.25) is 0 Å². The van der Waals surface area contributed by atoms with Gasteiger partial charge >= 0.3 is 0 Å². The Bertz CT molecular complexity index is 356. The fourth-order valence-corrected chi connectivity index (χ4v) is 0.824. The quantitative estimate of drug-likeness (QED) is 0.475. The number of nitrogens with one attached hydrogen (secondary N) is 1. The Morgan fingerprint density at radius 2 is 2.27 bits per heavy atom. The molecular formula is C5H5N5O. The van der Waals surface area contributed by atoms with Crippen molar-refractivity contribution < 1.29 is 5.11 Å². The minimum atomic E-state index is -0.195. The van der Waals surface area contributed by atoms with Crippen molar-refractivity contribution in [3.8, 4) is 17.4 Å². The van der Waals surface area contributed by atoms with Crippen LogP contribution in [-0.4, -0.2) is 25.3 Å². The maximum atomic E-state index is 8.90. The summed E-state index contributed by atoms with van der Waals surface area (Å²) >= 11 is 0. The summed E-state index contributed by atoms with van der Waals surface area (Å²) in [6.45, 7) is 0. The number of nitrogen functional groups attached to an aromatic ring is 1. The molecule has 56 valence electrons. The lowest BCUT2D eigenvalue weighted by molar-refractivity contribution is 0.431. The highest BCUT2D eigenvalue weighted by atomic mass is 16.3. The third-order valence-corrected chi connectivity index (χ3v) is 1.32. The summed E-state index contributed by atoms with van der Waals surface area (Å²) < 4.78 is 0. The lowest BCUT2D eigenvalue weighted by atomic mass is 10.3. The van der Waals surface area contributed by atoms with E-state index in [9.17, 15) is 0 Å². The highest BCUT2D eigenvalue weighted by Gasteiger charge is 2.11. The predicted molar refractivity (Wildman–Crippen MR) is 36.9 cm³/mol. The van der Waals surface area contributed by atoms with Crippen LogP contribution in [0.1, 0.15) is 0 Å². The molecule has 0 saturated heterocycles. The van der Waals surface area contributed by atoms with Crippen LogP contribution in [0.2, 0.25) is 0 Å². The molecule has 6 nitrogen and oxygen atoms in total. The average Bonchev–Trinajstić information content (AvgIpc) is 2.33. The van der Waals surface area contributed by atoms with Gasteiger partial charge in [-0.05, 0) is 0 Å². The second-order valence-electron chi connectivity index (χ2n) is 2.05. The molecule has 0 amide bonds. The Morgan fingerprint density at radius 1 is 1.45 bits per heavy atom. The zero-order valence-corrected chi connectivity index (χ0v) is 5.44. The Balaban J connectivity index is 2.76. The SMILES string of the molecule is Nc1nnc2cnc(O)[nH]c1-2. The molecule has 2 aliphatic heterocycles. The molecule has 0 bridgehead atoms. The molecule has 0 unspecified atom stereocenters. The van der Waals surface area contributed by atoms with Gasteiger partial charge in [0.25, 0.3) is 6.01 Å². The van der Waals surface area contributed by atoms with E-state index in [-0.39, 0.29) is 11.8 Å². The summed E-state index contributed by atoms with van der Waals surface area (Å²) in [5, 5.41) is 16.2. The number of aromatic amines is 1. The predicted octanol–water partition coefficient (Wildman–Crippen LogP) is -0.408. The largest absolute Gasteiger partial charge is 0.480 e. The monoisotopic (exact) mass is 151 g/mol. The van der Waals surface area contributed by atoms with Crippen LogP contribution in [0.15, 0.2) is 6.20 Å². The van der Waals surface area contributed by atoms with Crippen molar-refractivity contribution in [1.29, 1.82) is 0 Å². The van der Waals surface area contributed by atoms with E-state index in [2.05, 4.69) is 20.2 Å². The van der Waals surface area contributed by atoms with Crippen molar-refractivity contribution >= 4 is 5.82 Å². The van der Waals surface area contributed by atoms with Crippen molar-refractivity contribution in [2.24, 2.45) is 0 Å². The van der Waals surface area contributed by atoms with Gasteiger partial charge in [-0.2, -0.15) is 0 Å². The van der Waals surface area contributed by atoms with E-state index in [1.165, 1.54) is 6.20 Å². The van der Waals surface area contributed by atoms with Gasteiger partial charge in [0.05, 0.1) is 6.20 Å².